The van der Waals surface area contributed by atoms with Gasteiger partial charge in [-0.1, -0.05) is 37.8 Å². The molecule has 0 saturated carbocycles. The van der Waals surface area contributed by atoms with Gasteiger partial charge in [0.05, 0.1) is 4.91 Å². The Bertz CT molecular complexity index is 1370. The summed E-state index contributed by atoms with van der Waals surface area (Å²) in [5.41, 5.74) is 1.99. The van der Waals surface area contributed by atoms with Crippen molar-refractivity contribution in [1.29, 1.82) is 5.26 Å². The molecule has 2 aromatic rings. The Morgan fingerprint density at radius 3 is 2.34 bits per heavy atom. The van der Waals surface area contributed by atoms with Crippen LogP contribution in [0.3, 0.4) is 0 Å². The molecule has 10 heteroatoms. The summed E-state index contributed by atoms with van der Waals surface area (Å²) in [7, 11) is 0. The number of nitrogens with zero attached hydrogens (tertiary/aromatic N) is 5. The molecule has 2 aliphatic heterocycles. The van der Waals surface area contributed by atoms with Crippen LogP contribution in [-0.4, -0.2) is 51.9 Å². The van der Waals surface area contributed by atoms with Gasteiger partial charge in [-0.25, -0.2) is 4.39 Å². The van der Waals surface area contributed by atoms with Gasteiger partial charge >= 0.3 is 0 Å². The molecule has 1 unspecified atom stereocenters. The standard InChI is InChI=1S/C28H32FN5O2S2/c1-5-11-33-25(32-14-12-31(13-15-32)21-9-7-20(29)8-10-21)22(19(4)23(17-30)26(33)35)16-24-27(36)34(18(3)6-2)28(37)38-24/h7-10,16,18H,5-6,11-15H2,1-4H3/b24-16-. The molecule has 0 aliphatic carbocycles. The van der Waals surface area contributed by atoms with Gasteiger partial charge in [-0.3, -0.25) is 19.1 Å². The second kappa shape index (κ2) is 11.7. The number of halogens is 1. The predicted molar refractivity (Wildman–Crippen MR) is 156 cm³/mol. The first-order valence-electron chi connectivity index (χ1n) is 12.9. The number of carbonyl (C=O) groups excluding carboxylic acids is 1. The molecular formula is C28H32FN5O2S2. The summed E-state index contributed by atoms with van der Waals surface area (Å²) in [6.07, 6.45) is 3.30. The van der Waals surface area contributed by atoms with Crippen molar-refractivity contribution in [3.05, 3.63) is 62.0 Å². The van der Waals surface area contributed by atoms with Gasteiger partial charge in [0, 0.05) is 50.0 Å². The average molecular weight is 554 g/mol. The van der Waals surface area contributed by atoms with E-state index < -0.39 is 0 Å². The summed E-state index contributed by atoms with van der Waals surface area (Å²) in [5.74, 6) is 0.306. The summed E-state index contributed by atoms with van der Waals surface area (Å²) >= 11 is 6.79. The molecule has 7 nitrogen and oxygen atoms in total. The predicted octanol–water partition coefficient (Wildman–Crippen LogP) is 4.90. The van der Waals surface area contributed by atoms with Crippen LogP contribution in [0.2, 0.25) is 0 Å². The molecule has 2 fully saturated rings. The number of carbonyl (C=O) groups is 1. The highest BCUT2D eigenvalue weighted by Gasteiger charge is 2.36. The summed E-state index contributed by atoms with van der Waals surface area (Å²) in [6, 6.07) is 8.54. The van der Waals surface area contributed by atoms with E-state index in [1.165, 1.54) is 23.9 Å². The fraction of sp³-hybridized carbons (Fsp3) is 0.429. The molecule has 38 heavy (non-hydrogen) atoms. The largest absolute Gasteiger partial charge is 0.368 e. The number of hydrogen-bond acceptors (Lipinski definition) is 7. The van der Waals surface area contributed by atoms with Gasteiger partial charge in [0.2, 0.25) is 0 Å². The maximum atomic E-state index is 13.4. The van der Waals surface area contributed by atoms with E-state index in [4.69, 9.17) is 12.2 Å². The number of anilines is 2. The van der Waals surface area contributed by atoms with E-state index in [1.54, 1.807) is 28.5 Å². The summed E-state index contributed by atoms with van der Waals surface area (Å²) in [6.45, 7) is 10.8. The van der Waals surface area contributed by atoms with Crippen LogP contribution in [0.5, 0.6) is 0 Å². The van der Waals surface area contributed by atoms with Crippen LogP contribution in [0.1, 0.15) is 50.3 Å². The van der Waals surface area contributed by atoms with E-state index in [0.29, 0.717) is 59.5 Å². The van der Waals surface area contributed by atoms with Crippen molar-refractivity contribution in [3.63, 3.8) is 0 Å². The zero-order valence-corrected chi connectivity index (χ0v) is 23.8. The Hall–Kier alpha value is -3.16. The van der Waals surface area contributed by atoms with Crippen molar-refractivity contribution in [2.75, 3.05) is 36.0 Å². The molecule has 1 atom stereocenters. The van der Waals surface area contributed by atoms with Gasteiger partial charge in [0.1, 0.15) is 27.6 Å². The number of benzene rings is 1. The lowest BCUT2D eigenvalue weighted by molar-refractivity contribution is -0.123. The van der Waals surface area contributed by atoms with Crippen LogP contribution < -0.4 is 15.4 Å². The Morgan fingerprint density at radius 2 is 1.76 bits per heavy atom. The number of amides is 1. The van der Waals surface area contributed by atoms with Gasteiger partial charge in [-0.05, 0) is 62.6 Å². The summed E-state index contributed by atoms with van der Waals surface area (Å²) < 4.78 is 15.6. The minimum atomic E-state index is -0.313. The first kappa shape index (κ1) is 27.9. The number of aromatic nitrogens is 1. The number of thiocarbonyl (C=S) groups is 1. The van der Waals surface area contributed by atoms with Crippen molar-refractivity contribution >= 4 is 51.8 Å². The fourth-order valence-electron chi connectivity index (χ4n) is 4.92. The first-order valence-corrected chi connectivity index (χ1v) is 14.1. The molecule has 0 bridgehead atoms. The van der Waals surface area contributed by atoms with Crippen molar-refractivity contribution in [2.45, 2.75) is 53.1 Å². The van der Waals surface area contributed by atoms with Crippen molar-refractivity contribution in [3.8, 4) is 6.07 Å². The van der Waals surface area contributed by atoms with Crippen LogP contribution in [0, 0.1) is 24.1 Å². The number of hydrogen-bond donors (Lipinski definition) is 0. The molecule has 2 aliphatic rings. The average Bonchev–Trinajstić information content (AvgIpc) is 3.19. The molecule has 3 heterocycles. The second-order valence-corrected chi connectivity index (χ2v) is 11.2. The van der Waals surface area contributed by atoms with Crippen LogP contribution in [-0.2, 0) is 11.3 Å². The van der Waals surface area contributed by atoms with E-state index in [2.05, 4.69) is 15.9 Å². The Balaban J connectivity index is 1.78. The minimum Gasteiger partial charge on any atom is -0.368 e. The third-order valence-electron chi connectivity index (χ3n) is 7.20. The van der Waals surface area contributed by atoms with Gasteiger partial charge in [-0.2, -0.15) is 5.26 Å². The molecule has 1 aromatic heterocycles. The molecule has 0 N–H and O–H groups in total. The highest BCUT2D eigenvalue weighted by molar-refractivity contribution is 8.26. The monoisotopic (exact) mass is 553 g/mol. The molecule has 1 aromatic carbocycles. The van der Waals surface area contributed by atoms with E-state index >= 15 is 0 Å². The Labute approximate surface area is 232 Å². The van der Waals surface area contributed by atoms with Gasteiger partial charge in [0.25, 0.3) is 11.5 Å². The first-order chi connectivity index (χ1) is 18.2. The quantitative estimate of drug-likeness (QED) is 0.357. The minimum absolute atomic E-state index is 0.0165. The number of pyridine rings is 1. The topological polar surface area (TPSA) is 72.6 Å². The van der Waals surface area contributed by atoms with E-state index in [9.17, 15) is 19.2 Å². The number of thioether (sulfide) groups is 1. The summed E-state index contributed by atoms with van der Waals surface area (Å²) in [5, 5.41) is 9.87. The Morgan fingerprint density at radius 1 is 1.13 bits per heavy atom. The van der Waals surface area contributed by atoms with Gasteiger partial charge < -0.3 is 9.80 Å². The Kier molecular flexibility index (Phi) is 8.58. The smallest absolute Gasteiger partial charge is 0.270 e. The second-order valence-electron chi connectivity index (χ2n) is 9.57. The van der Waals surface area contributed by atoms with Gasteiger partial charge in [0.15, 0.2) is 0 Å². The number of rotatable bonds is 7. The molecule has 200 valence electrons. The van der Waals surface area contributed by atoms with Crippen molar-refractivity contribution < 1.29 is 9.18 Å². The highest BCUT2D eigenvalue weighted by atomic mass is 32.2. The third-order valence-corrected chi connectivity index (χ3v) is 8.53. The zero-order valence-electron chi connectivity index (χ0n) is 22.2. The van der Waals surface area contributed by atoms with Crippen LogP contribution in [0.25, 0.3) is 6.08 Å². The normalized spacial score (nSPS) is 17.9. The van der Waals surface area contributed by atoms with E-state index in [1.807, 2.05) is 26.8 Å². The third kappa shape index (κ3) is 5.22. The maximum absolute atomic E-state index is 13.4. The van der Waals surface area contributed by atoms with Crippen LogP contribution >= 0.6 is 24.0 Å². The lowest BCUT2D eigenvalue weighted by Gasteiger charge is -2.39. The molecule has 0 spiro atoms. The van der Waals surface area contributed by atoms with Crippen molar-refractivity contribution in [1.82, 2.24) is 9.47 Å². The molecule has 1 amide bonds. The maximum Gasteiger partial charge on any atom is 0.270 e. The lowest BCUT2D eigenvalue weighted by Crippen LogP contribution is -2.48. The summed E-state index contributed by atoms with van der Waals surface area (Å²) in [4.78, 5) is 33.3. The molecular weight excluding hydrogens is 521 g/mol. The van der Waals surface area contributed by atoms with E-state index in [0.717, 1.165) is 17.9 Å². The highest BCUT2D eigenvalue weighted by Crippen LogP contribution is 2.37. The zero-order chi connectivity index (χ0) is 27.6. The lowest BCUT2D eigenvalue weighted by atomic mass is 10.0. The SMILES string of the molecule is CCCn1c(N2CCN(c3ccc(F)cc3)CC2)c(/C=C2\SC(=S)N(C(C)CC)C2=O)c(C)c(C#N)c1=O. The molecule has 4 rings (SSSR count). The molecule has 2 saturated heterocycles. The number of nitriles is 1. The van der Waals surface area contributed by atoms with Crippen LogP contribution in [0.15, 0.2) is 34.0 Å². The van der Waals surface area contributed by atoms with Gasteiger partial charge in [-0.15, -0.1) is 0 Å². The van der Waals surface area contributed by atoms with Crippen LogP contribution in [0.4, 0.5) is 15.9 Å². The van der Waals surface area contributed by atoms with E-state index in [-0.39, 0.29) is 28.9 Å². The number of piperazine rings is 1. The molecule has 0 radical (unpaired) electrons. The fourth-order valence-corrected chi connectivity index (χ4v) is 6.36. The van der Waals surface area contributed by atoms with Crippen molar-refractivity contribution in [2.24, 2.45) is 0 Å².